The second kappa shape index (κ2) is 6.10. The predicted molar refractivity (Wildman–Crippen MR) is 44.9 cm³/mol. The van der Waals surface area contributed by atoms with Crippen LogP contribution in [0.25, 0.3) is 0 Å². The highest BCUT2D eigenvalue weighted by Gasteiger charge is 2.89. The van der Waals surface area contributed by atoms with Gasteiger partial charge in [-0.2, -0.15) is 70.2 Å². The summed E-state index contributed by atoms with van der Waals surface area (Å²) in [6, 6.07) is 0. The molecule has 19 heteroatoms. The average Bonchev–Trinajstić information content (AvgIpc) is 2.32. The Morgan fingerprint density at radius 1 is 0.296 bits per heavy atom. The van der Waals surface area contributed by atoms with Crippen molar-refractivity contribution in [2.75, 3.05) is 0 Å². The summed E-state index contributed by atoms with van der Waals surface area (Å²) >= 11 is 0. The summed E-state index contributed by atoms with van der Waals surface area (Å²) in [4.78, 5) is 0. The molecule has 2 atom stereocenters. The molecule has 0 aromatic rings. The molecule has 0 spiro atoms. The van der Waals surface area contributed by atoms with E-state index in [9.17, 15) is 79.0 Å². The molecule has 0 aromatic carbocycles. The fourth-order valence-electron chi connectivity index (χ4n) is 1.28. The molecule has 0 aliphatic carbocycles. The van der Waals surface area contributed by atoms with E-state index >= 15 is 0 Å². The lowest BCUT2D eigenvalue weighted by Gasteiger charge is -2.43. The third kappa shape index (κ3) is 3.69. The highest BCUT2D eigenvalue weighted by atomic mass is 19.4. The minimum atomic E-state index is -8.15. The molecule has 0 rings (SSSR count). The van der Waals surface area contributed by atoms with E-state index in [0.717, 1.165) is 0 Å². The van der Waals surface area contributed by atoms with E-state index in [1.165, 1.54) is 0 Å². The van der Waals surface area contributed by atoms with Crippen LogP contribution >= 0.6 is 0 Å². The lowest BCUT2D eigenvalue weighted by atomic mass is 9.99. The van der Waals surface area contributed by atoms with Crippen LogP contribution in [-0.2, 0) is 0 Å². The van der Waals surface area contributed by atoms with Gasteiger partial charge in [-0.05, 0) is 0 Å². The van der Waals surface area contributed by atoms with Gasteiger partial charge in [0.15, 0.2) is 0 Å². The maximum absolute atomic E-state index is 13.4. The van der Waals surface area contributed by atoms with Crippen molar-refractivity contribution in [1.29, 1.82) is 0 Å². The van der Waals surface area contributed by atoms with Gasteiger partial charge in [-0.1, -0.05) is 0 Å². The van der Waals surface area contributed by atoms with Gasteiger partial charge in [0.1, 0.15) is 0 Å². The summed E-state index contributed by atoms with van der Waals surface area (Å²) in [5.41, 5.74) is 0. The molecule has 27 heavy (non-hydrogen) atoms. The van der Waals surface area contributed by atoms with E-state index < -0.39 is 53.5 Å². The number of halogens is 18. The van der Waals surface area contributed by atoms with Gasteiger partial charge >= 0.3 is 48.1 Å². The SMILES string of the molecule is FC(F)(F)C(F)(F)C(F)(NC(F)(C(F)(F)F)C(F)(F)C(F)(F)F)C(F)(F)F. The van der Waals surface area contributed by atoms with Gasteiger partial charge < -0.3 is 0 Å². The van der Waals surface area contributed by atoms with Gasteiger partial charge in [-0.15, -0.1) is 0 Å². The number of hydrogen-bond acceptors (Lipinski definition) is 1. The van der Waals surface area contributed by atoms with Gasteiger partial charge in [-0.25, -0.2) is 14.1 Å². The Morgan fingerprint density at radius 3 is 0.593 bits per heavy atom. The van der Waals surface area contributed by atoms with Crippen molar-refractivity contribution < 1.29 is 79.0 Å². The maximum Gasteiger partial charge on any atom is 0.458 e. The van der Waals surface area contributed by atoms with E-state index in [2.05, 4.69) is 0 Å². The Bertz CT molecular complexity index is 486. The van der Waals surface area contributed by atoms with Crippen LogP contribution in [0, 0.1) is 0 Å². The van der Waals surface area contributed by atoms with Crippen LogP contribution in [0.15, 0.2) is 0 Å². The molecule has 0 aromatic heterocycles. The quantitative estimate of drug-likeness (QED) is 0.443. The van der Waals surface area contributed by atoms with Crippen molar-refractivity contribution in [1.82, 2.24) is 5.32 Å². The van der Waals surface area contributed by atoms with Gasteiger partial charge in [0.25, 0.3) is 0 Å². The number of rotatable bonds is 4. The molecule has 0 heterocycles. The normalized spacial score (nSPS) is 20.2. The van der Waals surface area contributed by atoms with Crippen LogP contribution in [0.4, 0.5) is 79.0 Å². The first-order chi connectivity index (χ1) is 11.2. The van der Waals surface area contributed by atoms with Gasteiger partial charge in [0.05, 0.1) is 0 Å². The Kier molecular flexibility index (Phi) is 5.80. The Balaban J connectivity index is 6.92. The zero-order chi connectivity index (χ0) is 22.7. The first-order valence-electron chi connectivity index (χ1n) is 5.40. The fraction of sp³-hybridized carbons (Fsp3) is 1.00. The third-order valence-electron chi connectivity index (χ3n) is 2.70. The molecule has 0 fully saturated rings. The van der Waals surface area contributed by atoms with E-state index in [1.807, 2.05) is 0 Å². The smallest absolute Gasteiger partial charge is 0.226 e. The molecule has 1 N–H and O–H groups in total. The lowest BCUT2D eigenvalue weighted by Crippen LogP contribution is -2.80. The van der Waals surface area contributed by atoms with E-state index in [-0.39, 0.29) is 0 Å². The van der Waals surface area contributed by atoms with E-state index in [4.69, 9.17) is 0 Å². The highest BCUT2D eigenvalue weighted by molar-refractivity contribution is 5.11. The van der Waals surface area contributed by atoms with Crippen LogP contribution in [0.3, 0.4) is 0 Å². The van der Waals surface area contributed by atoms with Gasteiger partial charge in [0, 0.05) is 0 Å². The molecule has 0 radical (unpaired) electrons. The topological polar surface area (TPSA) is 12.0 Å². The average molecular weight is 453 g/mol. The molecular formula is C8HF18N. The Labute approximate surface area is 134 Å². The Hall–Kier alpha value is -1.30. The zero-order valence-corrected chi connectivity index (χ0v) is 11.3. The van der Waals surface area contributed by atoms with Crippen LogP contribution in [0.2, 0.25) is 0 Å². The summed E-state index contributed by atoms with van der Waals surface area (Å²) in [7, 11) is 0. The maximum atomic E-state index is 13.4. The fourth-order valence-corrected chi connectivity index (χ4v) is 1.28. The highest BCUT2D eigenvalue weighted by Crippen LogP contribution is 2.57. The second-order valence-corrected chi connectivity index (χ2v) is 4.58. The minimum Gasteiger partial charge on any atom is -0.226 e. The van der Waals surface area contributed by atoms with Gasteiger partial charge in [-0.3, -0.25) is 0 Å². The first-order valence-corrected chi connectivity index (χ1v) is 5.40. The molecule has 0 saturated heterocycles. The molecule has 1 nitrogen and oxygen atoms in total. The lowest BCUT2D eigenvalue weighted by molar-refractivity contribution is -0.437. The predicted octanol–water partition coefficient (Wildman–Crippen LogP) is 5.43. The van der Waals surface area contributed by atoms with Crippen LogP contribution < -0.4 is 5.32 Å². The molecule has 0 aliphatic rings. The molecular weight excluding hydrogens is 452 g/mol. The van der Waals surface area contributed by atoms with Crippen molar-refractivity contribution >= 4 is 0 Å². The van der Waals surface area contributed by atoms with Crippen molar-refractivity contribution in [3.05, 3.63) is 0 Å². The van der Waals surface area contributed by atoms with Crippen molar-refractivity contribution in [2.24, 2.45) is 0 Å². The monoisotopic (exact) mass is 453 g/mol. The van der Waals surface area contributed by atoms with Gasteiger partial charge in [0.2, 0.25) is 0 Å². The summed E-state index contributed by atoms with van der Waals surface area (Å²) < 4.78 is 223. The summed E-state index contributed by atoms with van der Waals surface area (Å²) in [5, 5.41) is -2.14. The molecule has 0 aliphatic heterocycles. The standard InChI is InChI=1S/C8HF18N/c9-1(10,5(15,16)17)3(13,7(21,22)23)27-4(14,8(24,25)26)2(11,12)6(18,19)20/h27H. The third-order valence-corrected chi connectivity index (χ3v) is 2.70. The number of hydrogen-bond donors (Lipinski definition) is 1. The van der Waals surface area contributed by atoms with Crippen LogP contribution in [-0.4, -0.2) is 48.1 Å². The molecule has 0 bridgehead atoms. The van der Waals surface area contributed by atoms with E-state index in [0.29, 0.717) is 0 Å². The second-order valence-electron chi connectivity index (χ2n) is 4.58. The molecule has 2 unspecified atom stereocenters. The van der Waals surface area contributed by atoms with Crippen molar-refractivity contribution in [3.8, 4) is 0 Å². The Morgan fingerprint density at radius 2 is 0.481 bits per heavy atom. The van der Waals surface area contributed by atoms with Crippen molar-refractivity contribution in [2.45, 2.75) is 48.1 Å². The van der Waals surface area contributed by atoms with Crippen LogP contribution in [0.1, 0.15) is 0 Å². The van der Waals surface area contributed by atoms with Crippen molar-refractivity contribution in [3.63, 3.8) is 0 Å². The minimum absolute atomic E-state index is 2.14. The zero-order valence-electron chi connectivity index (χ0n) is 11.3. The molecule has 164 valence electrons. The first kappa shape index (κ1) is 25.7. The van der Waals surface area contributed by atoms with Crippen LogP contribution in [0.5, 0.6) is 0 Å². The summed E-state index contributed by atoms with van der Waals surface area (Å²) in [6.07, 6.45) is -31.6. The largest absolute Gasteiger partial charge is 0.458 e. The summed E-state index contributed by atoms with van der Waals surface area (Å²) in [6.45, 7) is 0. The van der Waals surface area contributed by atoms with E-state index in [1.54, 1.807) is 0 Å². The molecule has 0 amide bonds. The number of nitrogens with one attached hydrogen (secondary N) is 1. The molecule has 0 saturated carbocycles. The summed E-state index contributed by atoms with van der Waals surface area (Å²) in [5.74, 6) is -32.5. The number of alkyl halides is 18.